The van der Waals surface area contributed by atoms with Crippen molar-refractivity contribution in [3.05, 3.63) is 66.2 Å². The van der Waals surface area contributed by atoms with Gasteiger partial charge in [-0.3, -0.25) is 14.4 Å². The first kappa shape index (κ1) is 22.6. The standard InChI is InChI=1S/C28H33N3O3/c32-26(29-23-14-5-2-6-15-23)22-13-9-17-30(19-22)28(34)25-18-21-12-7-8-16-24(21)31(25)27(33)20-10-3-1-4-11-20/h1-6,10-11,14-15,21-22,24-25H,7-9,12-13,16-19H2,(H,29,32). The lowest BCUT2D eigenvalue weighted by atomic mass is 9.84. The predicted molar refractivity (Wildman–Crippen MR) is 131 cm³/mol. The minimum absolute atomic E-state index is 0.0101. The number of fused-ring (bicyclic) bond motifs is 1. The molecule has 34 heavy (non-hydrogen) atoms. The van der Waals surface area contributed by atoms with Crippen molar-refractivity contribution < 1.29 is 14.4 Å². The SMILES string of the molecule is O=C(Nc1ccccc1)C1CCCN(C(=O)C2CC3CCCCC3N2C(=O)c2ccccc2)C1. The number of carbonyl (C=O) groups excluding carboxylic acids is 3. The monoisotopic (exact) mass is 459 g/mol. The first-order valence-corrected chi connectivity index (χ1v) is 12.6. The average molecular weight is 460 g/mol. The molecule has 3 amide bonds. The van der Waals surface area contributed by atoms with E-state index in [1.807, 2.05) is 70.5 Å². The van der Waals surface area contributed by atoms with E-state index in [0.29, 0.717) is 24.6 Å². The molecule has 5 rings (SSSR count). The number of amides is 3. The third kappa shape index (κ3) is 4.59. The summed E-state index contributed by atoms with van der Waals surface area (Å²) in [5, 5.41) is 2.99. The van der Waals surface area contributed by atoms with Crippen LogP contribution in [0.15, 0.2) is 60.7 Å². The number of nitrogens with one attached hydrogen (secondary N) is 1. The number of piperidine rings is 1. The van der Waals surface area contributed by atoms with E-state index in [-0.39, 0.29) is 29.7 Å². The van der Waals surface area contributed by atoms with Crippen LogP contribution in [0.4, 0.5) is 5.69 Å². The fraction of sp³-hybridized carbons (Fsp3) is 0.464. The number of likely N-dealkylation sites (tertiary alicyclic amines) is 2. The first-order valence-electron chi connectivity index (χ1n) is 12.6. The van der Waals surface area contributed by atoms with Crippen LogP contribution in [0.25, 0.3) is 0 Å². The zero-order valence-electron chi connectivity index (χ0n) is 19.6. The van der Waals surface area contributed by atoms with E-state index in [1.54, 1.807) is 0 Å². The molecule has 0 bridgehead atoms. The minimum Gasteiger partial charge on any atom is -0.340 e. The summed E-state index contributed by atoms with van der Waals surface area (Å²) in [4.78, 5) is 44.0. The summed E-state index contributed by atoms with van der Waals surface area (Å²) < 4.78 is 0. The second-order valence-electron chi connectivity index (χ2n) is 9.92. The number of hydrogen-bond donors (Lipinski definition) is 1. The number of benzene rings is 2. The van der Waals surface area contributed by atoms with Gasteiger partial charge in [-0.2, -0.15) is 0 Å². The molecule has 2 aliphatic heterocycles. The average Bonchev–Trinajstić information content (AvgIpc) is 3.28. The molecule has 0 aromatic heterocycles. The molecule has 1 saturated carbocycles. The van der Waals surface area contributed by atoms with Gasteiger partial charge in [0, 0.05) is 30.4 Å². The highest BCUT2D eigenvalue weighted by molar-refractivity contribution is 5.98. The van der Waals surface area contributed by atoms with Crippen molar-refractivity contribution in [3.63, 3.8) is 0 Å². The van der Waals surface area contributed by atoms with Crippen LogP contribution in [0.2, 0.25) is 0 Å². The first-order chi connectivity index (χ1) is 16.6. The number of anilines is 1. The van der Waals surface area contributed by atoms with Crippen LogP contribution < -0.4 is 5.32 Å². The summed E-state index contributed by atoms with van der Waals surface area (Å²) in [6.45, 7) is 1.06. The van der Waals surface area contributed by atoms with E-state index in [4.69, 9.17) is 0 Å². The van der Waals surface area contributed by atoms with Crippen LogP contribution in [0.5, 0.6) is 0 Å². The van der Waals surface area contributed by atoms with Crippen LogP contribution in [-0.2, 0) is 9.59 Å². The molecular weight excluding hydrogens is 426 g/mol. The van der Waals surface area contributed by atoms with E-state index in [1.165, 1.54) is 6.42 Å². The van der Waals surface area contributed by atoms with Crippen molar-refractivity contribution >= 4 is 23.4 Å². The normalized spacial score (nSPS) is 26.6. The Labute approximate surface area is 201 Å². The van der Waals surface area contributed by atoms with Gasteiger partial charge in [0.25, 0.3) is 5.91 Å². The second kappa shape index (κ2) is 10.00. The highest BCUT2D eigenvalue weighted by atomic mass is 16.2. The van der Waals surface area contributed by atoms with Gasteiger partial charge in [0.2, 0.25) is 11.8 Å². The lowest BCUT2D eigenvalue weighted by Crippen LogP contribution is -2.53. The van der Waals surface area contributed by atoms with Gasteiger partial charge < -0.3 is 15.1 Å². The van der Waals surface area contributed by atoms with Crippen molar-refractivity contribution in [1.82, 2.24) is 9.80 Å². The maximum absolute atomic E-state index is 13.8. The molecule has 4 atom stereocenters. The molecule has 3 fully saturated rings. The molecule has 2 saturated heterocycles. The second-order valence-corrected chi connectivity index (χ2v) is 9.92. The fourth-order valence-electron chi connectivity index (χ4n) is 6.07. The van der Waals surface area contributed by atoms with E-state index in [9.17, 15) is 14.4 Å². The molecular formula is C28H33N3O3. The Morgan fingerprint density at radius 2 is 1.53 bits per heavy atom. The lowest BCUT2D eigenvalue weighted by molar-refractivity contribution is -0.138. The maximum Gasteiger partial charge on any atom is 0.254 e. The molecule has 2 heterocycles. The summed E-state index contributed by atoms with van der Waals surface area (Å²) >= 11 is 0. The van der Waals surface area contributed by atoms with Crippen LogP contribution in [0.3, 0.4) is 0 Å². The Balaban J connectivity index is 1.32. The summed E-state index contributed by atoms with van der Waals surface area (Å²) in [6.07, 6.45) is 6.62. The van der Waals surface area contributed by atoms with Crippen LogP contribution in [-0.4, -0.2) is 52.7 Å². The van der Waals surface area contributed by atoms with Gasteiger partial charge in [-0.1, -0.05) is 49.2 Å². The number of nitrogens with zero attached hydrogens (tertiary/aromatic N) is 2. The van der Waals surface area contributed by atoms with E-state index in [0.717, 1.165) is 44.2 Å². The van der Waals surface area contributed by atoms with Crippen molar-refractivity contribution in [3.8, 4) is 0 Å². The molecule has 0 radical (unpaired) electrons. The topological polar surface area (TPSA) is 69.7 Å². The van der Waals surface area contributed by atoms with E-state index >= 15 is 0 Å². The predicted octanol–water partition coefficient (Wildman–Crippen LogP) is 4.34. The van der Waals surface area contributed by atoms with Crippen molar-refractivity contribution in [2.75, 3.05) is 18.4 Å². The summed E-state index contributed by atoms with van der Waals surface area (Å²) in [5.74, 6) is 0.0813. The number of hydrogen-bond acceptors (Lipinski definition) is 3. The molecule has 2 aromatic rings. The zero-order chi connectivity index (χ0) is 23.5. The van der Waals surface area contributed by atoms with Gasteiger partial charge >= 0.3 is 0 Å². The molecule has 3 aliphatic rings. The number of rotatable bonds is 4. The highest BCUT2D eigenvalue weighted by Gasteiger charge is 2.49. The van der Waals surface area contributed by atoms with E-state index in [2.05, 4.69) is 5.32 Å². The smallest absolute Gasteiger partial charge is 0.254 e. The minimum atomic E-state index is -0.434. The van der Waals surface area contributed by atoms with Gasteiger partial charge in [0.05, 0.1) is 5.92 Å². The maximum atomic E-state index is 13.8. The Bertz CT molecular complexity index is 1030. The molecule has 0 spiro atoms. The zero-order valence-corrected chi connectivity index (χ0v) is 19.6. The molecule has 1 aliphatic carbocycles. The summed E-state index contributed by atoms with van der Waals surface area (Å²) in [5.41, 5.74) is 1.42. The third-order valence-corrected chi connectivity index (χ3v) is 7.77. The molecule has 4 unspecified atom stereocenters. The van der Waals surface area contributed by atoms with Gasteiger partial charge in [0.1, 0.15) is 6.04 Å². The Kier molecular flexibility index (Phi) is 6.66. The van der Waals surface area contributed by atoms with Crippen molar-refractivity contribution in [2.45, 2.75) is 57.0 Å². The number of carbonyl (C=O) groups is 3. The lowest BCUT2D eigenvalue weighted by Gasteiger charge is -2.37. The van der Waals surface area contributed by atoms with Gasteiger partial charge in [-0.05, 0) is 62.3 Å². The molecule has 1 N–H and O–H groups in total. The fourth-order valence-corrected chi connectivity index (χ4v) is 6.07. The molecule has 6 nitrogen and oxygen atoms in total. The molecule has 6 heteroatoms. The third-order valence-electron chi connectivity index (χ3n) is 7.77. The van der Waals surface area contributed by atoms with Crippen LogP contribution in [0.1, 0.15) is 55.3 Å². The largest absolute Gasteiger partial charge is 0.340 e. The summed E-state index contributed by atoms with van der Waals surface area (Å²) in [7, 11) is 0. The highest BCUT2D eigenvalue weighted by Crippen LogP contribution is 2.41. The molecule has 2 aromatic carbocycles. The van der Waals surface area contributed by atoms with Gasteiger partial charge in [0.15, 0.2) is 0 Å². The van der Waals surface area contributed by atoms with E-state index < -0.39 is 6.04 Å². The Morgan fingerprint density at radius 1 is 0.824 bits per heavy atom. The Hall–Kier alpha value is -3.15. The number of para-hydroxylation sites is 1. The summed E-state index contributed by atoms with van der Waals surface area (Å²) in [6, 6.07) is 18.5. The van der Waals surface area contributed by atoms with Gasteiger partial charge in [-0.25, -0.2) is 0 Å². The van der Waals surface area contributed by atoms with Crippen LogP contribution >= 0.6 is 0 Å². The van der Waals surface area contributed by atoms with Crippen molar-refractivity contribution in [2.24, 2.45) is 11.8 Å². The van der Waals surface area contributed by atoms with Gasteiger partial charge in [-0.15, -0.1) is 0 Å². The molecule has 178 valence electrons. The van der Waals surface area contributed by atoms with Crippen molar-refractivity contribution in [1.29, 1.82) is 0 Å². The Morgan fingerprint density at radius 3 is 2.29 bits per heavy atom. The quantitative estimate of drug-likeness (QED) is 0.740. The van der Waals surface area contributed by atoms with Crippen LogP contribution in [0, 0.1) is 11.8 Å².